The predicted molar refractivity (Wildman–Crippen MR) is 130 cm³/mol. The third-order valence-electron chi connectivity index (χ3n) is 6.76. The fourth-order valence-electron chi connectivity index (χ4n) is 4.76. The second-order valence-corrected chi connectivity index (χ2v) is 9.05. The maximum Gasteiger partial charge on any atom is 0.308 e. The van der Waals surface area contributed by atoms with Crippen molar-refractivity contribution in [2.75, 3.05) is 25.1 Å². The van der Waals surface area contributed by atoms with E-state index in [0.717, 1.165) is 44.3 Å². The molecule has 0 spiro atoms. The van der Waals surface area contributed by atoms with E-state index in [0.29, 0.717) is 35.5 Å². The number of carbonyl (C=O) groups excluding carboxylic acids is 2. The second kappa shape index (κ2) is 10.6. The number of amidine groups is 1. The van der Waals surface area contributed by atoms with Gasteiger partial charge in [-0.2, -0.15) is 0 Å². The standard InChI is InChI=1S/C25H32N6O3/c1-34-25(33)18-9-11-19(12-10-18)28-24(32)20-15-21(16-5-7-17(8-6-16)22(26)27)29-30-23(20)31-13-3-2-4-14-31/h5-8,15,18-19H,2-4,9-14H2,1H3,(H3,26,27)(H,28,32). The van der Waals surface area contributed by atoms with Crippen LogP contribution in [0.3, 0.4) is 0 Å². The zero-order valence-corrected chi connectivity index (χ0v) is 19.5. The summed E-state index contributed by atoms with van der Waals surface area (Å²) >= 11 is 0. The lowest BCUT2D eigenvalue weighted by Gasteiger charge is -2.30. The molecule has 1 saturated heterocycles. The van der Waals surface area contributed by atoms with Crippen molar-refractivity contribution in [2.24, 2.45) is 11.7 Å². The zero-order valence-electron chi connectivity index (χ0n) is 19.5. The van der Waals surface area contributed by atoms with Crippen LogP contribution in [0.15, 0.2) is 30.3 Å². The lowest BCUT2D eigenvalue weighted by atomic mass is 9.86. The van der Waals surface area contributed by atoms with E-state index in [9.17, 15) is 9.59 Å². The first-order chi connectivity index (χ1) is 16.5. The van der Waals surface area contributed by atoms with Gasteiger partial charge in [-0.25, -0.2) is 0 Å². The number of nitrogens with zero attached hydrogens (tertiary/aromatic N) is 3. The summed E-state index contributed by atoms with van der Waals surface area (Å²) in [5.41, 5.74) is 8.09. The molecule has 0 radical (unpaired) electrons. The number of rotatable bonds is 6. The minimum Gasteiger partial charge on any atom is -0.469 e. The molecule has 1 aromatic heterocycles. The van der Waals surface area contributed by atoms with Crippen molar-refractivity contribution < 1.29 is 14.3 Å². The number of nitrogens with one attached hydrogen (secondary N) is 2. The molecule has 180 valence electrons. The summed E-state index contributed by atoms with van der Waals surface area (Å²) in [6, 6.07) is 8.99. The molecule has 2 heterocycles. The summed E-state index contributed by atoms with van der Waals surface area (Å²) in [4.78, 5) is 27.4. The lowest BCUT2D eigenvalue weighted by molar-refractivity contribution is -0.146. The van der Waals surface area contributed by atoms with Crippen LogP contribution in [0, 0.1) is 11.3 Å². The van der Waals surface area contributed by atoms with E-state index in [1.54, 1.807) is 18.2 Å². The molecule has 0 bridgehead atoms. The highest BCUT2D eigenvalue weighted by atomic mass is 16.5. The Morgan fingerprint density at radius 2 is 1.74 bits per heavy atom. The molecule has 1 aromatic carbocycles. The number of carbonyl (C=O) groups is 2. The van der Waals surface area contributed by atoms with E-state index in [4.69, 9.17) is 15.9 Å². The molecule has 0 unspecified atom stereocenters. The van der Waals surface area contributed by atoms with Gasteiger partial charge in [0.1, 0.15) is 5.84 Å². The number of nitrogen functional groups attached to an aromatic ring is 1. The van der Waals surface area contributed by atoms with Crippen LogP contribution < -0.4 is 16.0 Å². The number of hydrogen-bond acceptors (Lipinski definition) is 7. The van der Waals surface area contributed by atoms with E-state index in [-0.39, 0.29) is 29.7 Å². The number of amides is 1. The van der Waals surface area contributed by atoms with Crippen LogP contribution in [0.25, 0.3) is 11.3 Å². The molecular formula is C25H32N6O3. The Kier molecular flexibility index (Phi) is 7.40. The summed E-state index contributed by atoms with van der Waals surface area (Å²) in [5.74, 6) is 0.188. The molecule has 4 rings (SSSR count). The molecule has 1 amide bonds. The Balaban J connectivity index is 1.56. The first-order valence-corrected chi connectivity index (χ1v) is 11.9. The number of anilines is 1. The number of ether oxygens (including phenoxy) is 1. The van der Waals surface area contributed by atoms with Crippen molar-refractivity contribution in [3.63, 3.8) is 0 Å². The summed E-state index contributed by atoms with van der Waals surface area (Å²) < 4.78 is 4.87. The number of benzene rings is 1. The minimum atomic E-state index is -0.170. The van der Waals surface area contributed by atoms with Crippen LogP contribution in [-0.4, -0.2) is 54.2 Å². The highest BCUT2D eigenvalue weighted by molar-refractivity contribution is 6.00. The molecule has 1 aliphatic carbocycles. The highest BCUT2D eigenvalue weighted by Crippen LogP contribution is 2.28. The zero-order chi connectivity index (χ0) is 24.1. The first kappa shape index (κ1) is 23.7. The van der Waals surface area contributed by atoms with Gasteiger partial charge in [0, 0.05) is 30.3 Å². The molecule has 1 aliphatic heterocycles. The quantitative estimate of drug-likeness (QED) is 0.340. The summed E-state index contributed by atoms with van der Waals surface area (Å²) in [6.07, 6.45) is 6.20. The molecule has 4 N–H and O–H groups in total. The van der Waals surface area contributed by atoms with Gasteiger partial charge in [0.2, 0.25) is 0 Å². The van der Waals surface area contributed by atoms with Crippen LogP contribution >= 0.6 is 0 Å². The van der Waals surface area contributed by atoms with Crippen LogP contribution in [0.2, 0.25) is 0 Å². The van der Waals surface area contributed by atoms with Crippen LogP contribution in [-0.2, 0) is 9.53 Å². The molecule has 2 fully saturated rings. The summed E-state index contributed by atoms with van der Waals surface area (Å²) in [7, 11) is 1.42. The Morgan fingerprint density at radius 3 is 2.35 bits per heavy atom. The number of aromatic nitrogens is 2. The van der Waals surface area contributed by atoms with Crippen LogP contribution in [0.5, 0.6) is 0 Å². The Bertz CT molecular complexity index is 1040. The maximum absolute atomic E-state index is 13.4. The molecule has 2 aromatic rings. The van der Waals surface area contributed by atoms with E-state index < -0.39 is 0 Å². The third-order valence-corrected chi connectivity index (χ3v) is 6.76. The monoisotopic (exact) mass is 464 g/mol. The SMILES string of the molecule is COC(=O)C1CCC(NC(=O)c2cc(-c3ccc(C(=N)N)cc3)nnc2N2CCCCC2)CC1. The average molecular weight is 465 g/mol. The fourth-order valence-corrected chi connectivity index (χ4v) is 4.76. The Hall–Kier alpha value is -3.49. The molecule has 9 heteroatoms. The van der Waals surface area contributed by atoms with Crippen LogP contribution in [0.4, 0.5) is 5.82 Å². The summed E-state index contributed by atoms with van der Waals surface area (Å²) in [5, 5.41) is 19.6. The molecule has 1 saturated carbocycles. The topological polar surface area (TPSA) is 134 Å². The number of piperidine rings is 1. The number of nitrogens with two attached hydrogens (primary N) is 1. The van der Waals surface area contributed by atoms with Gasteiger partial charge in [-0.3, -0.25) is 15.0 Å². The van der Waals surface area contributed by atoms with Gasteiger partial charge in [0.25, 0.3) is 5.91 Å². The smallest absolute Gasteiger partial charge is 0.308 e. The lowest BCUT2D eigenvalue weighted by Crippen LogP contribution is -2.40. The van der Waals surface area contributed by atoms with Gasteiger partial charge in [-0.1, -0.05) is 24.3 Å². The third kappa shape index (κ3) is 5.35. The van der Waals surface area contributed by atoms with Gasteiger partial charge >= 0.3 is 5.97 Å². The van der Waals surface area contributed by atoms with Gasteiger partial charge in [0.05, 0.1) is 24.3 Å². The minimum absolute atomic E-state index is 0.0000627. The normalized spacial score (nSPS) is 20.4. The van der Waals surface area contributed by atoms with Crippen LogP contribution in [0.1, 0.15) is 60.9 Å². The Labute approximate surface area is 199 Å². The maximum atomic E-state index is 13.4. The Morgan fingerprint density at radius 1 is 1.06 bits per heavy atom. The predicted octanol–water partition coefficient (Wildman–Crippen LogP) is 2.88. The van der Waals surface area contributed by atoms with Gasteiger partial charge in [-0.05, 0) is 51.0 Å². The van der Waals surface area contributed by atoms with Crippen molar-refractivity contribution in [3.05, 3.63) is 41.5 Å². The van der Waals surface area contributed by atoms with Crippen molar-refractivity contribution >= 4 is 23.5 Å². The summed E-state index contributed by atoms with van der Waals surface area (Å²) in [6.45, 7) is 1.71. The van der Waals surface area contributed by atoms with E-state index in [2.05, 4.69) is 20.4 Å². The average Bonchev–Trinajstić information content (AvgIpc) is 2.89. The van der Waals surface area contributed by atoms with Gasteiger partial charge in [-0.15, -0.1) is 10.2 Å². The molecular weight excluding hydrogens is 432 g/mol. The molecule has 9 nitrogen and oxygen atoms in total. The van der Waals surface area contributed by atoms with Crippen molar-refractivity contribution in [1.82, 2.24) is 15.5 Å². The second-order valence-electron chi connectivity index (χ2n) is 9.05. The van der Waals surface area contributed by atoms with E-state index >= 15 is 0 Å². The molecule has 0 atom stereocenters. The molecule has 34 heavy (non-hydrogen) atoms. The number of hydrogen-bond donors (Lipinski definition) is 3. The van der Waals surface area contributed by atoms with Gasteiger partial charge in [0.15, 0.2) is 5.82 Å². The largest absolute Gasteiger partial charge is 0.469 e. The van der Waals surface area contributed by atoms with Crippen molar-refractivity contribution in [3.8, 4) is 11.3 Å². The van der Waals surface area contributed by atoms with E-state index in [1.165, 1.54) is 13.5 Å². The highest BCUT2D eigenvalue weighted by Gasteiger charge is 2.29. The fraction of sp³-hybridized carbons (Fsp3) is 0.480. The number of esters is 1. The number of methoxy groups -OCH3 is 1. The van der Waals surface area contributed by atoms with Gasteiger partial charge < -0.3 is 20.7 Å². The molecule has 2 aliphatic rings. The van der Waals surface area contributed by atoms with E-state index in [1.807, 2.05) is 12.1 Å². The van der Waals surface area contributed by atoms with Crippen molar-refractivity contribution in [1.29, 1.82) is 5.41 Å². The van der Waals surface area contributed by atoms with Crippen molar-refractivity contribution in [2.45, 2.75) is 51.0 Å². The first-order valence-electron chi connectivity index (χ1n) is 11.9.